The van der Waals surface area contributed by atoms with Gasteiger partial charge in [-0.3, -0.25) is 9.20 Å². The lowest BCUT2D eigenvalue weighted by molar-refractivity contribution is -0.121. The molecule has 138 valence electrons. The lowest BCUT2D eigenvalue weighted by Gasteiger charge is -2.09. The van der Waals surface area contributed by atoms with E-state index in [-0.39, 0.29) is 12.5 Å². The van der Waals surface area contributed by atoms with Crippen LogP contribution < -0.4 is 5.32 Å². The van der Waals surface area contributed by atoms with Crippen molar-refractivity contribution in [1.29, 1.82) is 0 Å². The van der Waals surface area contributed by atoms with Crippen molar-refractivity contribution in [3.05, 3.63) is 60.3 Å². The van der Waals surface area contributed by atoms with Crippen LogP contribution >= 0.6 is 11.8 Å². The van der Waals surface area contributed by atoms with Crippen molar-refractivity contribution in [3.63, 3.8) is 0 Å². The molecule has 0 bridgehead atoms. The molecule has 8 heteroatoms. The first-order chi connectivity index (χ1) is 13.3. The Balaban J connectivity index is 1.42. The molecule has 0 aliphatic heterocycles. The van der Waals surface area contributed by atoms with E-state index in [0.717, 1.165) is 34.1 Å². The van der Waals surface area contributed by atoms with Gasteiger partial charge in [-0.05, 0) is 30.5 Å². The highest BCUT2D eigenvalue weighted by molar-refractivity contribution is 7.97. The highest BCUT2D eigenvalue weighted by Crippen LogP contribution is 2.18. The number of hydrogen-bond donors (Lipinski definition) is 1. The van der Waals surface area contributed by atoms with E-state index in [1.807, 2.05) is 63.9 Å². The number of nitrogens with zero attached hydrogens (tertiary/aromatic N) is 5. The van der Waals surface area contributed by atoms with Gasteiger partial charge in [-0.1, -0.05) is 18.2 Å². The van der Waals surface area contributed by atoms with Crippen LogP contribution in [0.2, 0.25) is 0 Å². The summed E-state index contributed by atoms with van der Waals surface area (Å²) in [5.41, 5.74) is 2.72. The fraction of sp³-hybridized carbons (Fsp3) is 0.263. The van der Waals surface area contributed by atoms with Crippen LogP contribution in [0.1, 0.15) is 11.6 Å². The Morgan fingerprint density at radius 1 is 1.11 bits per heavy atom. The van der Waals surface area contributed by atoms with E-state index in [9.17, 15) is 4.79 Å². The van der Waals surface area contributed by atoms with Crippen molar-refractivity contribution >= 4 is 34.3 Å². The summed E-state index contributed by atoms with van der Waals surface area (Å²) in [5, 5.41) is 11.3. The largest absolute Gasteiger partial charge is 0.354 e. The molecule has 0 atom stereocenters. The Bertz CT molecular complexity index is 1090. The third-order valence-electron chi connectivity index (χ3n) is 4.36. The number of hydrogen-bond acceptors (Lipinski definition) is 5. The standard InChI is InChI=1S/C19H20N6OS/c1-27-13-18-21-14-6-2-3-7-15(14)25(18)12-19(26)20-10-9-17-23-22-16-8-4-5-11-24(16)17/h2-8,11H,9-10,12-13H2,1H3,(H,20,26). The van der Waals surface area contributed by atoms with Crippen LogP contribution in [-0.2, 0) is 23.5 Å². The minimum absolute atomic E-state index is 0.0330. The molecule has 0 aliphatic carbocycles. The van der Waals surface area contributed by atoms with Crippen LogP contribution in [0.15, 0.2) is 48.7 Å². The lowest BCUT2D eigenvalue weighted by Crippen LogP contribution is -2.30. The minimum Gasteiger partial charge on any atom is -0.354 e. The van der Waals surface area contributed by atoms with Gasteiger partial charge in [0.15, 0.2) is 5.65 Å². The molecule has 0 saturated carbocycles. The van der Waals surface area contributed by atoms with Gasteiger partial charge in [0, 0.05) is 19.2 Å². The van der Waals surface area contributed by atoms with Crippen LogP contribution in [-0.4, -0.2) is 42.9 Å². The van der Waals surface area contributed by atoms with Crippen molar-refractivity contribution in [3.8, 4) is 0 Å². The Labute approximate surface area is 160 Å². The predicted molar refractivity (Wildman–Crippen MR) is 107 cm³/mol. The molecule has 4 rings (SSSR count). The zero-order valence-electron chi connectivity index (χ0n) is 15.0. The van der Waals surface area contributed by atoms with Gasteiger partial charge in [0.2, 0.25) is 5.91 Å². The summed E-state index contributed by atoms with van der Waals surface area (Å²) in [6, 6.07) is 13.7. The molecule has 0 saturated heterocycles. The fourth-order valence-corrected chi connectivity index (χ4v) is 3.59. The maximum atomic E-state index is 12.5. The lowest BCUT2D eigenvalue weighted by atomic mass is 10.3. The van der Waals surface area contributed by atoms with Crippen LogP contribution in [0, 0.1) is 0 Å². The van der Waals surface area contributed by atoms with E-state index in [2.05, 4.69) is 20.5 Å². The van der Waals surface area contributed by atoms with Gasteiger partial charge >= 0.3 is 0 Å². The smallest absolute Gasteiger partial charge is 0.240 e. The Hall–Kier alpha value is -2.87. The second kappa shape index (κ2) is 7.79. The van der Waals surface area contributed by atoms with Crippen LogP contribution in [0.3, 0.4) is 0 Å². The maximum absolute atomic E-state index is 12.5. The Morgan fingerprint density at radius 3 is 2.85 bits per heavy atom. The third-order valence-corrected chi connectivity index (χ3v) is 4.91. The van der Waals surface area contributed by atoms with E-state index in [1.165, 1.54) is 0 Å². The maximum Gasteiger partial charge on any atom is 0.240 e. The topological polar surface area (TPSA) is 77.1 Å². The van der Waals surface area contributed by atoms with Gasteiger partial charge in [0.1, 0.15) is 18.2 Å². The van der Waals surface area contributed by atoms with Gasteiger partial charge < -0.3 is 9.88 Å². The second-order valence-corrected chi connectivity index (χ2v) is 7.05. The Morgan fingerprint density at radius 2 is 1.96 bits per heavy atom. The van der Waals surface area contributed by atoms with Crippen molar-refractivity contribution in [1.82, 2.24) is 29.5 Å². The average Bonchev–Trinajstić information content (AvgIpc) is 3.24. The first-order valence-corrected chi connectivity index (χ1v) is 10.1. The number of carbonyl (C=O) groups excluding carboxylic acids is 1. The minimum atomic E-state index is -0.0330. The number of benzene rings is 1. The number of fused-ring (bicyclic) bond motifs is 2. The second-order valence-electron chi connectivity index (χ2n) is 6.18. The number of amides is 1. The molecule has 0 spiro atoms. The fourth-order valence-electron chi connectivity index (χ4n) is 3.12. The zero-order chi connectivity index (χ0) is 18.6. The Kier molecular flexibility index (Phi) is 5.06. The molecule has 0 fully saturated rings. The quantitative estimate of drug-likeness (QED) is 0.532. The molecule has 7 nitrogen and oxygen atoms in total. The van der Waals surface area contributed by atoms with Crippen LogP contribution in [0.25, 0.3) is 16.7 Å². The number of thioether (sulfide) groups is 1. The molecule has 0 radical (unpaired) electrons. The van der Waals surface area contributed by atoms with E-state index < -0.39 is 0 Å². The summed E-state index contributed by atoms with van der Waals surface area (Å²) < 4.78 is 3.93. The van der Waals surface area contributed by atoms with Crippen molar-refractivity contribution in [2.24, 2.45) is 0 Å². The summed E-state index contributed by atoms with van der Waals surface area (Å²) in [4.78, 5) is 17.1. The van der Waals surface area contributed by atoms with E-state index >= 15 is 0 Å². The highest BCUT2D eigenvalue weighted by atomic mass is 32.2. The van der Waals surface area contributed by atoms with E-state index in [4.69, 9.17) is 0 Å². The molecule has 4 aromatic rings. The average molecular weight is 380 g/mol. The molecule has 1 aromatic carbocycles. The molecule has 3 heterocycles. The number of imidazole rings is 1. The van der Waals surface area contributed by atoms with Crippen molar-refractivity contribution < 1.29 is 4.79 Å². The van der Waals surface area contributed by atoms with Gasteiger partial charge in [-0.2, -0.15) is 11.8 Å². The molecular formula is C19H20N6OS. The summed E-state index contributed by atoms with van der Waals surface area (Å²) in [6.07, 6.45) is 4.59. The summed E-state index contributed by atoms with van der Waals surface area (Å²) in [6.45, 7) is 0.774. The summed E-state index contributed by atoms with van der Waals surface area (Å²) in [7, 11) is 0. The summed E-state index contributed by atoms with van der Waals surface area (Å²) in [5.74, 6) is 2.49. The SMILES string of the molecule is CSCc1nc2ccccc2n1CC(=O)NCCc1nnc2ccccn12. The highest BCUT2D eigenvalue weighted by Gasteiger charge is 2.13. The van der Waals surface area contributed by atoms with Gasteiger partial charge in [-0.25, -0.2) is 4.98 Å². The zero-order valence-corrected chi connectivity index (χ0v) is 15.8. The first-order valence-electron chi connectivity index (χ1n) is 8.74. The number of rotatable bonds is 7. The van der Waals surface area contributed by atoms with Gasteiger partial charge in [0.05, 0.1) is 16.8 Å². The van der Waals surface area contributed by atoms with Gasteiger partial charge in [-0.15, -0.1) is 10.2 Å². The molecule has 3 aromatic heterocycles. The van der Waals surface area contributed by atoms with Crippen LogP contribution in [0.4, 0.5) is 0 Å². The molecule has 0 aliphatic rings. The summed E-state index contributed by atoms with van der Waals surface area (Å²) >= 11 is 1.70. The predicted octanol–water partition coefficient (Wildman–Crippen LogP) is 2.30. The number of carbonyl (C=O) groups is 1. The first kappa shape index (κ1) is 17.5. The van der Waals surface area contributed by atoms with E-state index in [1.54, 1.807) is 11.8 Å². The molecule has 0 unspecified atom stereocenters. The number of para-hydroxylation sites is 2. The molecule has 27 heavy (non-hydrogen) atoms. The van der Waals surface area contributed by atoms with Crippen molar-refractivity contribution in [2.75, 3.05) is 12.8 Å². The van der Waals surface area contributed by atoms with Crippen LogP contribution in [0.5, 0.6) is 0 Å². The normalized spacial score (nSPS) is 11.3. The monoisotopic (exact) mass is 380 g/mol. The number of aromatic nitrogens is 5. The molecule has 1 amide bonds. The van der Waals surface area contributed by atoms with E-state index in [0.29, 0.717) is 13.0 Å². The molecular weight excluding hydrogens is 360 g/mol. The number of nitrogens with one attached hydrogen (secondary N) is 1. The third kappa shape index (κ3) is 3.66. The molecule has 1 N–H and O–H groups in total. The van der Waals surface area contributed by atoms with Gasteiger partial charge in [0.25, 0.3) is 0 Å². The van der Waals surface area contributed by atoms with Crippen molar-refractivity contribution in [2.45, 2.75) is 18.7 Å². The number of pyridine rings is 1.